The second-order valence-corrected chi connectivity index (χ2v) is 9.92. The van der Waals surface area contributed by atoms with E-state index < -0.39 is 16.1 Å². The Morgan fingerprint density at radius 2 is 1.91 bits per heavy atom. The van der Waals surface area contributed by atoms with Gasteiger partial charge in [0, 0.05) is 20.1 Å². The third-order valence-corrected chi connectivity index (χ3v) is 7.50. The number of likely N-dealkylation sites (N-methyl/N-ethyl adjacent to an activating group) is 1. The smallest absolute Gasteiger partial charge is 0.276 e. The fourth-order valence-corrected chi connectivity index (χ4v) is 5.10. The van der Waals surface area contributed by atoms with Crippen LogP contribution in [0.3, 0.4) is 0 Å². The molecule has 5 rings (SSSR count). The molecule has 2 aliphatic rings. The van der Waals surface area contributed by atoms with Crippen molar-refractivity contribution in [2.45, 2.75) is 11.0 Å². The average molecular weight is 474 g/mol. The number of carbonyl (C=O) groups excluding carboxylic acids is 1. The fourth-order valence-electron chi connectivity index (χ4n) is 3.87. The van der Waals surface area contributed by atoms with E-state index in [1.54, 1.807) is 17.0 Å². The molecule has 1 fully saturated rings. The summed E-state index contributed by atoms with van der Waals surface area (Å²) in [4.78, 5) is 14.5. The molecule has 0 bridgehead atoms. The van der Waals surface area contributed by atoms with Crippen LogP contribution in [0.2, 0.25) is 0 Å². The lowest BCUT2D eigenvalue weighted by molar-refractivity contribution is 0.0297. The van der Waals surface area contributed by atoms with E-state index in [0.29, 0.717) is 48.8 Å². The van der Waals surface area contributed by atoms with Crippen molar-refractivity contribution >= 4 is 26.9 Å². The predicted octanol–water partition coefficient (Wildman–Crippen LogP) is 1.76. The number of nitrogens with zero attached hydrogens (tertiary/aromatic N) is 3. The van der Waals surface area contributed by atoms with Gasteiger partial charge in [-0.15, -0.1) is 0 Å². The van der Waals surface area contributed by atoms with Gasteiger partial charge in [-0.3, -0.25) is 4.79 Å². The number of aromatic nitrogens is 1. The van der Waals surface area contributed by atoms with Gasteiger partial charge in [0.2, 0.25) is 10.0 Å². The highest BCUT2D eigenvalue weighted by Gasteiger charge is 2.30. The van der Waals surface area contributed by atoms with Gasteiger partial charge in [-0.1, -0.05) is 17.3 Å². The largest absolute Gasteiger partial charge is 0.486 e. The van der Waals surface area contributed by atoms with Crippen LogP contribution in [-0.4, -0.2) is 81.3 Å². The Kier molecular flexibility index (Phi) is 5.69. The van der Waals surface area contributed by atoms with Gasteiger partial charge in [0.25, 0.3) is 5.91 Å². The first-order chi connectivity index (χ1) is 15.9. The molecule has 33 heavy (non-hydrogen) atoms. The first-order valence-electron chi connectivity index (χ1n) is 10.5. The van der Waals surface area contributed by atoms with Crippen molar-refractivity contribution < 1.29 is 31.9 Å². The van der Waals surface area contributed by atoms with E-state index in [1.807, 2.05) is 12.1 Å². The Labute approximate surface area is 190 Å². The standard InChI is InChI=1S/C22H23N3O7S/c1-24(13-15-14-30-19-4-2-3-5-20(19)31-15)33(27,28)16-6-7-18-17(12-16)21(23-32-18)22(26)25-8-10-29-11-9-25/h2-7,12,15H,8-11,13-14H2,1H3. The third kappa shape index (κ3) is 4.14. The van der Waals surface area contributed by atoms with Crippen LogP contribution in [0.25, 0.3) is 11.0 Å². The maximum absolute atomic E-state index is 13.3. The molecule has 0 aliphatic carbocycles. The summed E-state index contributed by atoms with van der Waals surface area (Å²) in [5.41, 5.74) is 0.432. The maximum Gasteiger partial charge on any atom is 0.276 e. The van der Waals surface area contributed by atoms with Crippen molar-refractivity contribution in [2.24, 2.45) is 0 Å². The highest BCUT2D eigenvalue weighted by molar-refractivity contribution is 7.89. The minimum Gasteiger partial charge on any atom is -0.486 e. The van der Waals surface area contributed by atoms with E-state index in [4.69, 9.17) is 18.7 Å². The summed E-state index contributed by atoms with van der Waals surface area (Å²) in [7, 11) is -2.39. The summed E-state index contributed by atoms with van der Waals surface area (Å²) in [6, 6.07) is 11.6. The highest BCUT2D eigenvalue weighted by Crippen LogP contribution is 2.31. The van der Waals surface area contributed by atoms with Gasteiger partial charge in [-0.25, -0.2) is 8.42 Å². The van der Waals surface area contributed by atoms with Gasteiger partial charge in [0.15, 0.2) is 22.8 Å². The van der Waals surface area contributed by atoms with Crippen molar-refractivity contribution in [2.75, 3.05) is 46.5 Å². The number of hydrogen-bond acceptors (Lipinski definition) is 8. The van der Waals surface area contributed by atoms with Crippen LogP contribution in [-0.2, 0) is 14.8 Å². The van der Waals surface area contributed by atoms with Gasteiger partial charge in [-0.05, 0) is 30.3 Å². The Hall–Kier alpha value is -3.15. The van der Waals surface area contributed by atoms with E-state index in [-0.39, 0.29) is 29.6 Å². The van der Waals surface area contributed by atoms with Gasteiger partial charge < -0.3 is 23.6 Å². The van der Waals surface area contributed by atoms with Crippen LogP contribution in [0.4, 0.5) is 0 Å². The van der Waals surface area contributed by atoms with Crippen LogP contribution in [0, 0.1) is 0 Å². The van der Waals surface area contributed by atoms with Crippen LogP contribution >= 0.6 is 0 Å². The van der Waals surface area contributed by atoms with E-state index >= 15 is 0 Å². The van der Waals surface area contributed by atoms with Crippen molar-refractivity contribution in [3.05, 3.63) is 48.2 Å². The predicted molar refractivity (Wildman–Crippen MR) is 117 cm³/mol. The molecule has 1 unspecified atom stereocenters. The SMILES string of the molecule is CN(CC1COc2ccccc2O1)S(=O)(=O)c1ccc2onc(C(=O)N3CCOCC3)c2c1. The summed E-state index contributed by atoms with van der Waals surface area (Å²) in [5, 5.41) is 4.26. The number of ether oxygens (including phenoxy) is 3. The summed E-state index contributed by atoms with van der Waals surface area (Å²) >= 11 is 0. The lowest BCUT2D eigenvalue weighted by atomic mass is 10.2. The summed E-state index contributed by atoms with van der Waals surface area (Å²) in [5.74, 6) is 0.901. The molecule has 174 valence electrons. The number of sulfonamides is 1. The van der Waals surface area contributed by atoms with Crippen LogP contribution in [0.5, 0.6) is 11.5 Å². The molecule has 2 aliphatic heterocycles. The van der Waals surface area contributed by atoms with E-state index in [1.165, 1.54) is 29.6 Å². The molecule has 0 radical (unpaired) electrons. The molecule has 3 aromatic rings. The van der Waals surface area contributed by atoms with Crippen molar-refractivity contribution in [1.29, 1.82) is 0 Å². The number of rotatable bonds is 5. The normalized spacial score (nSPS) is 18.6. The average Bonchev–Trinajstić information content (AvgIpc) is 3.27. The number of hydrogen-bond donors (Lipinski definition) is 0. The zero-order valence-corrected chi connectivity index (χ0v) is 18.8. The Balaban J connectivity index is 1.37. The van der Waals surface area contributed by atoms with Gasteiger partial charge in [0.1, 0.15) is 12.7 Å². The number of para-hydroxylation sites is 2. The number of fused-ring (bicyclic) bond motifs is 2. The van der Waals surface area contributed by atoms with Crippen LogP contribution in [0.1, 0.15) is 10.5 Å². The Bertz CT molecular complexity index is 1280. The molecular formula is C22H23N3O7S. The molecule has 0 saturated carbocycles. The molecule has 1 atom stereocenters. The second kappa shape index (κ2) is 8.65. The lowest BCUT2D eigenvalue weighted by Crippen LogP contribution is -2.41. The molecule has 10 nitrogen and oxygen atoms in total. The van der Waals surface area contributed by atoms with E-state index in [0.717, 1.165) is 0 Å². The summed E-state index contributed by atoms with van der Waals surface area (Å²) in [6.45, 7) is 2.12. The van der Waals surface area contributed by atoms with E-state index in [2.05, 4.69) is 5.16 Å². The Morgan fingerprint density at radius 3 is 2.70 bits per heavy atom. The molecule has 1 saturated heterocycles. The minimum atomic E-state index is -3.87. The highest BCUT2D eigenvalue weighted by atomic mass is 32.2. The van der Waals surface area contributed by atoms with Gasteiger partial charge in [0.05, 0.1) is 30.0 Å². The fraction of sp³-hybridized carbons (Fsp3) is 0.364. The van der Waals surface area contributed by atoms with Crippen molar-refractivity contribution in [3.63, 3.8) is 0 Å². The minimum absolute atomic E-state index is 0.0360. The lowest BCUT2D eigenvalue weighted by Gasteiger charge is -2.29. The Morgan fingerprint density at radius 1 is 1.15 bits per heavy atom. The van der Waals surface area contributed by atoms with Crippen molar-refractivity contribution in [3.8, 4) is 11.5 Å². The number of morpholine rings is 1. The molecule has 2 aromatic carbocycles. The zero-order chi connectivity index (χ0) is 23.0. The van der Waals surface area contributed by atoms with Crippen LogP contribution in [0.15, 0.2) is 51.9 Å². The zero-order valence-electron chi connectivity index (χ0n) is 18.0. The molecule has 3 heterocycles. The molecule has 1 amide bonds. The van der Waals surface area contributed by atoms with Gasteiger partial charge >= 0.3 is 0 Å². The molecule has 1 aromatic heterocycles. The first-order valence-corrected chi connectivity index (χ1v) is 12.0. The van der Waals surface area contributed by atoms with E-state index in [9.17, 15) is 13.2 Å². The topological polar surface area (TPSA) is 111 Å². The molecule has 11 heteroatoms. The quantitative estimate of drug-likeness (QED) is 0.551. The number of carbonyl (C=O) groups is 1. The van der Waals surface area contributed by atoms with Crippen LogP contribution < -0.4 is 9.47 Å². The molecular weight excluding hydrogens is 450 g/mol. The monoisotopic (exact) mass is 473 g/mol. The first kappa shape index (κ1) is 21.7. The second-order valence-electron chi connectivity index (χ2n) is 7.88. The molecule has 0 N–H and O–H groups in total. The third-order valence-electron chi connectivity index (χ3n) is 5.68. The number of benzene rings is 2. The number of amides is 1. The molecule has 0 spiro atoms. The summed E-state index contributed by atoms with van der Waals surface area (Å²) < 4.78 is 49.9. The maximum atomic E-state index is 13.3. The summed E-state index contributed by atoms with van der Waals surface area (Å²) in [6.07, 6.45) is -0.461. The van der Waals surface area contributed by atoms with Crippen molar-refractivity contribution in [1.82, 2.24) is 14.4 Å². The van der Waals surface area contributed by atoms with Gasteiger partial charge in [-0.2, -0.15) is 4.31 Å².